The van der Waals surface area contributed by atoms with Crippen LogP contribution >= 0.6 is 11.6 Å². The maximum absolute atomic E-state index is 12.4. The van der Waals surface area contributed by atoms with Crippen LogP contribution in [0.4, 0.5) is 0 Å². The van der Waals surface area contributed by atoms with Crippen LogP contribution in [0.2, 0.25) is 5.02 Å². The molecule has 1 aromatic heterocycles. The number of amides is 1. The number of aryl methyl sites for hydroxylation is 1. The Kier molecular flexibility index (Phi) is 6.74. The molecule has 0 unspecified atom stereocenters. The molecule has 8 heteroatoms. The number of nitrogens with one attached hydrogen (secondary N) is 1. The molecule has 1 atom stereocenters. The van der Waals surface area contributed by atoms with Gasteiger partial charge in [0.1, 0.15) is 5.75 Å². The van der Waals surface area contributed by atoms with Crippen LogP contribution in [0, 0.1) is 6.92 Å². The lowest BCUT2D eigenvalue weighted by molar-refractivity contribution is -0.127. The van der Waals surface area contributed by atoms with Crippen LogP contribution in [0.3, 0.4) is 0 Å². The lowest BCUT2D eigenvalue weighted by Crippen LogP contribution is -2.36. The molecule has 156 valence electrons. The average molecular weight is 428 g/mol. The van der Waals surface area contributed by atoms with Crippen LogP contribution < -0.4 is 20.3 Å². The number of rotatable bonds is 7. The molecule has 0 radical (unpaired) electrons. The van der Waals surface area contributed by atoms with Gasteiger partial charge in [-0.3, -0.25) is 9.59 Å². The highest BCUT2D eigenvalue weighted by Gasteiger charge is 2.16. The Morgan fingerprint density at radius 2 is 2.00 bits per heavy atom. The number of hydrogen-bond donors (Lipinski definition) is 1. The lowest BCUT2D eigenvalue weighted by Gasteiger charge is -2.15. The fraction of sp³-hybridized carbons (Fsp3) is 0.227. The molecule has 0 aliphatic rings. The first kappa shape index (κ1) is 21.4. The molecule has 0 aliphatic carbocycles. The van der Waals surface area contributed by atoms with Crippen molar-refractivity contribution in [1.29, 1.82) is 0 Å². The van der Waals surface area contributed by atoms with Crippen molar-refractivity contribution in [2.75, 3.05) is 7.11 Å². The van der Waals surface area contributed by atoms with Gasteiger partial charge in [0, 0.05) is 23.7 Å². The first-order valence-electron chi connectivity index (χ1n) is 9.31. The molecule has 0 saturated carbocycles. The summed E-state index contributed by atoms with van der Waals surface area (Å²) < 4.78 is 12.0. The summed E-state index contributed by atoms with van der Waals surface area (Å²) in [5.74, 6) is 0.558. The fourth-order valence-corrected chi connectivity index (χ4v) is 2.96. The predicted molar refractivity (Wildman–Crippen MR) is 115 cm³/mol. The van der Waals surface area contributed by atoms with E-state index in [0.717, 1.165) is 11.1 Å². The number of methoxy groups -OCH3 is 1. The summed E-state index contributed by atoms with van der Waals surface area (Å²) >= 11 is 6.05. The Labute approximate surface area is 179 Å². The second kappa shape index (κ2) is 9.45. The molecule has 0 saturated heterocycles. The SMILES string of the molecule is COc1cccc(CNC(=O)[C@@H](C)Oc2ccc(=O)n(-c3cc(Cl)ccc3C)n2)c1. The van der Waals surface area contributed by atoms with Gasteiger partial charge in [0.15, 0.2) is 6.10 Å². The van der Waals surface area contributed by atoms with Crippen LogP contribution in [0.25, 0.3) is 5.69 Å². The largest absolute Gasteiger partial charge is 0.497 e. The van der Waals surface area contributed by atoms with Gasteiger partial charge in [0.2, 0.25) is 5.88 Å². The van der Waals surface area contributed by atoms with E-state index < -0.39 is 6.10 Å². The maximum Gasteiger partial charge on any atom is 0.271 e. The van der Waals surface area contributed by atoms with Crippen LogP contribution in [0.15, 0.2) is 59.4 Å². The average Bonchev–Trinajstić information content (AvgIpc) is 2.75. The first-order valence-corrected chi connectivity index (χ1v) is 9.69. The van der Waals surface area contributed by atoms with Gasteiger partial charge in [-0.2, -0.15) is 4.68 Å². The number of aromatic nitrogens is 2. The third-order valence-electron chi connectivity index (χ3n) is 4.44. The van der Waals surface area contributed by atoms with E-state index >= 15 is 0 Å². The zero-order valence-electron chi connectivity index (χ0n) is 16.9. The second-order valence-corrected chi connectivity index (χ2v) is 7.12. The maximum atomic E-state index is 12.4. The molecule has 0 bridgehead atoms. The molecule has 1 amide bonds. The Hall–Kier alpha value is -3.32. The Morgan fingerprint density at radius 3 is 2.77 bits per heavy atom. The number of hydrogen-bond acceptors (Lipinski definition) is 5. The molecule has 1 N–H and O–H groups in total. The molecule has 2 aromatic carbocycles. The van der Waals surface area contributed by atoms with Gasteiger partial charge in [-0.25, -0.2) is 0 Å². The van der Waals surface area contributed by atoms with Crippen molar-refractivity contribution < 1.29 is 14.3 Å². The summed E-state index contributed by atoms with van der Waals surface area (Å²) in [6.07, 6.45) is -0.811. The van der Waals surface area contributed by atoms with Gasteiger partial charge >= 0.3 is 0 Å². The molecule has 0 spiro atoms. The number of ether oxygens (including phenoxy) is 2. The standard InChI is InChI=1S/C22H22ClN3O4/c1-14-7-8-17(23)12-19(14)26-21(27)10-9-20(25-26)30-15(2)22(28)24-13-16-5-4-6-18(11-16)29-3/h4-12,15H,13H2,1-3H3,(H,24,28)/t15-/m1/s1. The zero-order valence-corrected chi connectivity index (χ0v) is 17.6. The summed E-state index contributed by atoms with van der Waals surface area (Å²) in [7, 11) is 1.59. The normalized spacial score (nSPS) is 11.6. The Balaban J connectivity index is 1.70. The number of nitrogens with zero attached hydrogens (tertiary/aromatic N) is 2. The molecule has 3 rings (SSSR count). The van der Waals surface area contributed by atoms with Crippen LogP contribution in [0.5, 0.6) is 11.6 Å². The molecule has 3 aromatic rings. The molecular weight excluding hydrogens is 406 g/mol. The van der Waals surface area contributed by atoms with Crippen molar-refractivity contribution in [2.45, 2.75) is 26.5 Å². The van der Waals surface area contributed by atoms with Crippen molar-refractivity contribution >= 4 is 17.5 Å². The van der Waals surface area contributed by atoms with Crippen LogP contribution in [-0.4, -0.2) is 28.9 Å². The quantitative estimate of drug-likeness (QED) is 0.625. The van der Waals surface area contributed by atoms with E-state index in [1.54, 1.807) is 32.2 Å². The molecule has 0 aliphatic heterocycles. The van der Waals surface area contributed by atoms with Gasteiger partial charge in [-0.15, -0.1) is 5.10 Å². The number of carbonyl (C=O) groups excluding carboxylic acids is 1. The molecule has 7 nitrogen and oxygen atoms in total. The minimum atomic E-state index is -0.811. The summed E-state index contributed by atoms with van der Waals surface area (Å²) in [6, 6.07) is 15.4. The van der Waals surface area contributed by atoms with E-state index in [-0.39, 0.29) is 17.3 Å². The predicted octanol–water partition coefficient (Wildman–Crippen LogP) is 3.29. The van der Waals surface area contributed by atoms with E-state index in [1.807, 2.05) is 31.2 Å². The monoisotopic (exact) mass is 427 g/mol. The van der Waals surface area contributed by atoms with E-state index in [9.17, 15) is 9.59 Å². The third kappa shape index (κ3) is 5.18. The van der Waals surface area contributed by atoms with E-state index in [4.69, 9.17) is 21.1 Å². The first-order chi connectivity index (χ1) is 14.4. The summed E-state index contributed by atoms with van der Waals surface area (Å²) in [5, 5.41) is 7.53. The Bertz CT molecular complexity index is 1110. The fourth-order valence-electron chi connectivity index (χ4n) is 2.79. The van der Waals surface area contributed by atoms with E-state index in [0.29, 0.717) is 23.0 Å². The molecule has 1 heterocycles. The van der Waals surface area contributed by atoms with Crippen molar-refractivity contribution in [1.82, 2.24) is 15.1 Å². The molecular formula is C22H22ClN3O4. The summed E-state index contributed by atoms with van der Waals surface area (Å²) in [6.45, 7) is 3.79. The lowest BCUT2D eigenvalue weighted by atomic mass is 10.2. The number of benzene rings is 2. The van der Waals surface area contributed by atoms with Gasteiger partial charge in [-0.1, -0.05) is 29.8 Å². The van der Waals surface area contributed by atoms with Crippen molar-refractivity contribution in [3.8, 4) is 17.3 Å². The molecule has 30 heavy (non-hydrogen) atoms. The van der Waals surface area contributed by atoms with E-state index in [1.165, 1.54) is 16.8 Å². The zero-order chi connectivity index (χ0) is 21.7. The summed E-state index contributed by atoms with van der Waals surface area (Å²) in [4.78, 5) is 24.7. The highest BCUT2D eigenvalue weighted by atomic mass is 35.5. The topological polar surface area (TPSA) is 82.5 Å². The highest BCUT2D eigenvalue weighted by molar-refractivity contribution is 6.30. The minimum absolute atomic E-state index is 0.151. The Morgan fingerprint density at radius 1 is 1.20 bits per heavy atom. The van der Waals surface area contributed by atoms with Crippen LogP contribution in [0.1, 0.15) is 18.1 Å². The van der Waals surface area contributed by atoms with Crippen molar-refractivity contribution in [3.05, 3.63) is 81.1 Å². The minimum Gasteiger partial charge on any atom is -0.497 e. The third-order valence-corrected chi connectivity index (χ3v) is 4.68. The second-order valence-electron chi connectivity index (χ2n) is 6.68. The van der Waals surface area contributed by atoms with Crippen LogP contribution in [-0.2, 0) is 11.3 Å². The smallest absolute Gasteiger partial charge is 0.271 e. The highest BCUT2D eigenvalue weighted by Crippen LogP contribution is 2.18. The van der Waals surface area contributed by atoms with Gasteiger partial charge in [0.05, 0.1) is 12.8 Å². The van der Waals surface area contributed by atoms with Gasteiger partial charge in [-0.05, 0) is 49.2 Å². The summed E-state index contributed by atoms with van der Waals surface area (Å²) in [5.41, 5.74) is 1.95. The van der Waals surface area contributed by atoms with Crippen molar-refractivity contribution in [3.63, 3.8) is 0 Å². The van der Waals surface area contributed by atoms with E-state index in [2.05, 4.69) is 10.4 Å². The number of halogens is 1. The van der Waals surface area contributed by atoms with Crippen molar-refractivity contribution in [2.24, 2.45) is 0 Å². The van der Waals surface area contributed by atoms with Gasteiger partial charge < -0.3 is 14.8 Å². The molecule has 0 fully saturated rings. The van der Waals surface area contributed by atoms with Gasteiger partial charge in [0.25, 0.3) is 11.5 Å². The number of carbonyl (C=O) groups is 1.